The van der Waals surface area contributed by atoms with E-state index in [-0.39, 0.29) is 0 Å². The summed E-state index contributed by atoms with van der Waals surface area (Å²) in [4.78, 5) is 5.02. The smallest absolute Gasteiger partial charge is 0.121 e. The number of aromatic nitrogens is 1. The van der Waals surface area contributed by atoms with Crippen LogP contribution in [0.15, 0.2) is 60.8 Å². The van der Waals surface area contributed by atoms with E-state index in [9.17, 15) is 0 Å². The standard InChI is InChI=1S/C23H29N3O/c1-24-11-5-12-25(15-14-24)16-17-26-13-10-21-8-9-22(18-23(21)26)27-19-20-6-3-2-4-7-20/h2-4,6-10,13,18H,5,11-12,14-17,19H2,1H3. The monoisotopic (exact) mass is 363 g/mol. The Morgan fingerprint density at radius 2 is 1.78 bits per heavy atom. The van der Waals surface area contributed by atoms with Gasteiger partial charge in [0.25, 0.3) is 0 Å². The fourth-order valence-electron chi connectivity index (χ4n) is 3.76. The lowest BCUT2D eigenvalue weighted by molar-refractivity contribution is 0.267. The van der Waals surface area contributed by atoms with Crippen LogP contribution in [-0.4, -0.2) is 54.1 Å². The maximum Gasteiger partial charge on any atom is 0.121 e. The number of hydrogen-bond donors (Lipinski definition) is 0. The summed E-state index contributed by atoms with van der Waals surface area (Å²) in [5.74, 6) is 0.933. The lowest BCUT2D eigenvalue weighted by Crippen LogP contribution is -2.31. The summed E-state index contributed by atoms with van der Waals surface area (Å²) >= 11 is 0. The molecule has 3 aromatic rings. The molecule has 142 valence electrons. The molecule has 0 amide bonds. The molecule has 0 saturated carbocycles. The van der Waals surface area contributed by atoms with E-state index in [1.807, 2.05) is 18.2 Å². The van der Waals surface area contributed by atoms with Gasteiger partial charge in [0.05, 0.1) is 5.52 Å². The second-order valence-corrected chi connectivity index (χ2v) is 7.50. The molecule has 4 heteroatoms. The Hall–Kier alpha value is -2.30. The summed E-state index contributed by atoms with van der Waals surface area (Å²) in [5, 5.41) is 1.28. The van der Waals surface area contributed by atoms with Gasteiger partial charge in [-0.15, -0.1) is 0 Å². The molecule has 1 aromatic heterocycles. The van der Waals surface area contributed by atoms with Crippen LogP contribution in [-0.2, 0) is 13.2 Å². The number of benzene rings is 2. The molecule has 4 nitrogen and oxygen atoms in total. The summed E-state index contributed by atoms with van der Waals surface area (Å²) in [6.07, 6.45) is 3.47. The maximum atomic E-state index is 6.02. The van der Waals surface area contributed by atoms with Crippen LogP contribution in [0.4, 0.5) is 0 Å². The molecule has 0 unspecified atom stereocenters. The first kappa shape index (κ1) is 18.1. The average molecular weight is 364 g/mol. The second kappa shape index (κ2) is 8.59. The van der Waals surface area contributed by atoms with Crippen molar-refractivity contribution >= 4 is 10.9 Å². The Morgan fingerprint density at radius 3 is 2.67 bits per heavy atom. The molecule has 1 fully saturated rings. The highest BCUT2D eigenvalue weighted by atomic mass is 16.5. The second-order valence-electron chi connectivity index (χ2n) is 7.50. The van der Waals surface area contributed by atoms with Gasteiger partial charge in [0.1, 0.15) is 12.4 Å². The first-order valence-corrected chi connectivity index (χ1v) is 9.94. The largest absolute Gasteiger partial charge is 0.489 e. The van der Waals surface area contributed by atoms with Crippen molar-refractivity contribution in [2.45, 2.75) is 19.6 Å². The van der Waals surface area contributed by atoms with Crippen LogP contribution in [0.1, 0.15) is 12.0 Å². The van der Waals surface area contributed by atoms with Gasteiger partial charge in [-0.25, -0.2) is 0 Å². The number of hydrogen-bond acceptors (Lipinski definition) is 3. The van der Waals surface area contributed by atoms with E-state index in [1.165, 1.54) is 49.1 Å². The first-order chi connectivity index (χ1) is 13.3. The van der Waals surface area contributed by atoms with Crippen LogP contribution in [0, 0.1) is 0 Å². The minimum absolute atomic E-state index is 0.606. The normalized spacial score (nSPS) is 16.5. The summed E-state index contributed by atoms with van der Waals surface area (Å²) < 4.78 is 8.38. The van der Waals surface area contributed by atoms with Gasteiger partial charge in [-0.05, 0) is 55.7 Å². The lowest BCUT2D eigenvalue weighted by Gasteiger charge is -2.20. The van der Waals surface area contributed by atoms with Crippen LogP contribution >= 0.6 is 0 Å². The third-order valence-electron chi connectivity index (χ3n) is 5.46. The molecule has 2 aromatic carbocycles. The molecule has 1 saturated heterocycles. The number of likely N-dealkylation sites (N-methyl/N-ethyl adjacent to an activating group) is 1. The molecule has 0 aliphatic carbocycles. The van der Waals surface area contributed by atoms with Gasteiger partial charge >= 0.3 is 0 Å². The Balaban J connectivity index is 1.40. The zero-order valence-electron chi connectivity index (χ0n) is 16.2. The Morgan fingerprint density at radius 1 is 0.889 bits per heavy atom. The highest BCUT2D eigenvalue weighted by Gasteiger charge is 2.12. The van der Waals surface area contributed by atoms with Gasteiger partial charge in [-0.2, -0.15) is 0 Å². The zero-order valence-corrected chi connectivity index (χ0v) is 16.2. The third kappa shape index (κ3) is 4.71. The van der Waals surface area contributed by atoms with Crippen molar-refractivity contribution in [3.05, 3.63) is 66.4 Å². The summed E-state index contributed by atoms with van der Waals surface area (Å²) in [5.41, 5.74) is 2.45. The van der Waals surface area contributed by atoms with Crippen LogP contribution in [0.5, 0.6) is 5.75 Å². The van der Waals surface area contributed by atoms with Crippen molar-refractivity contribution in [1.29, 1.82) is 0 Å². The lowest BCUT2D eigenvalue weighted by atomic mass is 10.2. The van der Waals surface area contributed by atoms with Crippen LogP contribution in [0.3, 0.4) is 0 Å². The molecule has 0 N–H and O–H groups in total. The first-order valence-electron chi connectivity index (χ1n) is 9.94. The molecule has 4 rings (SSSR count). The van der Waals surface area contributed by atoms with E-state index in [0.29, 0.717) is 6.61 Å². The molecule has 2 heterocycles. The topological polar surface area (TPSA) is 20.6 Å². The number of ether oxygens (including phenoxy) is 1. The van der Waals surface area contributed by atoms with Gasteiger partial charge in [-0.1, -0.05) is 30.3 Å². The van der Waals surface area contributed by atoms with Crippen molar-refractivity contribution in [2.75, 3.05) is 39.8 Å². The average Bonchev–Trinajstić information content (AvgIpc) is 2.99. The molecule has 0 atom stereocenters. The molecular weight excluding hydrogens is 334 g/mol. The fraction of sp³-hybridized carbons (Fsp3) is 0.391. The molecule has 1 aliphatic rings. The van der Waals surface area contributed by atoms with Crippen molar-refractivity contribution in [3.63, 3.8) is 0 Å². The Kier molecular flexibility index (Phi) is 5.75. The maximum absolute atomic E-state index is 6.02. The van der Waals surface area contributed by atoms with E-state index in [4.69, 9.17) is 4.74 Å². The molecule has 0 radical (unpaired) electrons. The minimum Gasteiger partial charge on any atom is -0.489 e. The number of fused-ring (bicyclic) bond motifs is 1. The fourth-order valence-corrected chi connectivity index (χ4v) is 3.76. The van der Waals surface area contributed by atoms with E-state index in [0.717, 1.165) is 18.8 Å². The highest BCUT2D eigenvalue weighted by Crippen LogP contribution is 2.23. The van der Waals surface area contributed by atoms with Gasteiger partial charge in [0.2, 0.25) is 0 Å². The SMILES string of the molecule is CN1CCCN(CCn2ccc3ccc(OCc4ccccc4)cc32)CC1. The van der Waals surface area contributed by atoms with Crippen LogP contribution in [0.25, 0.3) is 10.9 Å². The molecule has 27 heavy (non-hydrogen) atoms. The Bertz CT molecular complexity index is 858. The van der Waals surface area contributed by atoms with E-state index < -0.39 is 0 Å². The third-order valence-corrected chi connectivity index (χ3v) is 5.46. The molecular formula is C23H29N3O. The van der Waals surface area contributed by atoms with Crippen LogP contribution < -0.4 is 4.74 Å². The summed E-state index contributed by atoms with van der Waals surface area (Å²) in [7, 11) is 2.22. The predicted molar refractivity (Wildman–Crippen MR) is 111 cm³/mol. The van der Waals surface area contributed by atoms with Crippen molar-refractivity contribution in [1.82, 2.24) is 14.4 Å². The van der Waals surface area contributed by atoms with Crippen molar-refractivity contribution in [3.8, 4) is 5.75 Å². The Labute approximate surface area is 162 Å². The van der Waals surface area contributed by atoms with Crippen LogP contribution in [0.2, 0.25) is 0 Å². The van der Waals surface area contributed by atoms with Crippen molar-refractivity contribution in [2.24, 2.45) is 0 Å². The quantitative estimate of drug-likeness (QED) is 0.663. The van der Waals surface area contributed by atoms with Gasteiger partial charge in [0, 0.05) is 38.4 Å². The number of nitrogens with zero attached hydrogens (tertiary/aromatic N) is 3. The van der Waals surface area contributed by atoms with Gasteiger partial charge in [0.15, 0.2) is 0 Å². The zero-order chi connectivity index (χ0) is 18.5. The van der Waals surface area contributed by atoms with Gasteiger partial charge in [-0.3, -0.25) is 0 Å². The highest BCUT2D eigenvalue weighted by molar-refractivity contribution is 5.81. The van der Waals surface area contributed by atoms with E-state index in [1.54, 1.807) is 0 Å². The van der Waals surface area contributed by atoms with Crippen molar-refractivity contribution < 1.29 is 4.74 Å². The van der Waals surface area contributed by atoms with E-state index in [2.05, 4.69) is 64.0 Å². The molecule has 1 aliphatic heterocycles. The summed E-state index contributed by atoms with van der Waals surface area (Å²) in [6, 6.07) is 18.9. The van der Waals surface area contributed by atoms with Gasteiger partial charge < -0.3 is 19.1 Å². The molecule has 0 bridgehead atoms. The van der Waals surface area contributed by atoms with E-state index >= 15 is 0 Å². The molecule has 0 spiro atoms. The number of rotatable bonds is 6. The summed E-state index contributed by atoms with van der Waals surface area (Å²) in [6.45, 7) is 7.49. The minimum atomic E-state index is 0.606. The predicted octanol–water partition coefficient (Wildman–Crippen LogP) is 3.86.